The van der Waals surface area contributed by atoms with E-state index in [2.05, 4.69) is 42.7 Å². The van der Waals surface area contributed by atoms with Crippen molar-refractivity contribution < 1.29 is 28.1 Å². The summed E-state index contributed by atoms with van der Waals surface area (Å²) >= 11 is 0. The number of halogens is 2. The Morgan fingerprint density at radius 3 is 2.65 bits per heavy atom. The topological polar surface area (TPSA) is 96.3 Å². The third kappa shape index (κ3) is 7.03. The van der Waals surface area contributed by atoms with E-state index in [-0.39, 0.29) is 51.6 Å². The van der Waals surface area contributed by atoms with Gasteiger partial charge >= 0.3 is 6.01 Å². The van der Waals surface area contributed by atoms with E-state index in [1.54, 1.807) is 0 Å². The van der Waals surface area contributed by atoms with Gasteiger partial charge in [0.1, 0.15) is 35.2 Å². The first-order valence-corrected chi connectivity index (χ1v) is 16.8. The lowest BCUT2D eigenvalue weighted by Gasteiger charge is -2.26. The Morgan fingerprint density at radius 2 is 1.88 bits per heavy atom. The maximum atomic E-state index is 16.8. The van der Waals surface area contributed by atoms with Crippen molar-refractivity contribution >= 4 is 27.5 Å². The number of phenolic OH excluding ortho intramolecular Hbond substituents is 1. The zero-order valence-electron chi connectivity index (χ0n) is 27.6. The number of morpholine rings is 1. The third-order valence-electron chi connectivity index (χ3n) is 9.61. The number of hydrogen-bond donors (Lipinski definition) is 1. The predicted molar refractivity (Wildman–Crippen MR) is 184 cm³/mol. The average Bonchev–Trinajstić information content (AvgIpc) is 3.26. The number of hydrogen-bond acceptors (Lipinski definition) is 10. The van der Waals surface area contributed by atoms with Crippen LogP contribution in [0.1, 0.15) is 24.8 Å². The lowest BCUT2D eigenvalue weighted by Crippen LogP contribution is -2.38. The molecule has 0 bridgehead atoms. The molecule has 4 aromatic rings. The molecule has 7 rings (SSSR count). The highest BCUT2D eigenvalue weighted by Crippen LogP contribution is 2.39. The Balaban J connectivity index is 1.19. The van der Waals surface area contributed by atoms with E-state index in [1.807, 2.05) is 7.05 Å². The van der Waals surface area contributed by atoms with Crippen LogP contribution in [0.3, 0.4) is 0 Å². The van der Waals surface area contributed by atoms with Gasteiger partial charge in [0.25, 0.3) is 0 Å². The number of benzene rings is 2. The number of phenols is 1. The van der Waals surface area contributed by atoms with Gasteiger partial charge in [-0.2, -0.15) is 9.97 Å². The normalized spacial score (nSPS) is 20.6. The number of nitrogens with zero attached hydrogens (tertiary/aromatic N) is 6. The molecule has 10 nitrogen and oxygen atoms in total. The molecule has 49 heavy (non-hydrogen) atoms. The number of anilines is 1. The standard InChI is InChI=1S/C37H40F2N6O4/c1-3-28-31(38)9-8-24-18-26(46)20-29(32(24)28)34-33(39)35-30(21-40-34)36(45-10-6-4-5-7-11-45)42-37(41-35)49-23-25-19-27(22-43(25)2)48-17-14-44-12-15-47-16-13-44/h1,4-5,8-9,18,20-21,25,27,46H,6-7,10-17,19,22-23H2,2H3/t25-,27?/m0/s1. The maximum absolute atomic E-state index is 16.8. The molecule has 1 unspecified atom stereocenters. The van der Waals surface area contributed by atoms with E-state index in [1.165, 1.54) is 30.5 Å². The number of fused-ring (bicyclic) bond motifs is 2. The van der Waals surface area contributed by atoms with Crippen molar-refractivity contribution in [3.8, 4) is 35.4 Å². The van der Waals surface area contributed by atoms with Gasteiger partial charge in [-0.1, -0.05) is 24.1 Å². The highest BCUT2D eigenvalue weighted by molar-refractivity contribution is 6.03. The van der Waals surface area contributed by atoms with Crippen LogP contribution >= 0.6 is 0 Å². The molecule has 5 heterocycles. The second kappa shape index (κ2) is 14.6. The molecular formula is C37H40F2N6O4. The number of rotatable bonds is 9. The van der Waals surface area contributed by atoms with Crippen molar-refractivity contribution in [2.24, 2.45) is 0 Å². The van der Waals surface area contributed by atoms with Crippen LogP contribution < -0.4 is 9.64 Å². The number of aromatic hydroxyl groups is 1. The van der Waals surface area contributed by atoms with Crippen LogP contribution in [-0.4, -0.2) is 115 Å². The van der Waals surface area contributed by atoms with E-state index in [4.69, 9.17) is 25.6 Å². The molecule has 256 valence electrons. The molecule has 2 fully saturated rings. The van der Waals surface area contributed by atoms with Crippen molar-refractivity contribution in [2.75, 3.05) is 77.6 Å². The second-order valence-electron chi connectivity index (χ2n) is 12.8. The fraction of sp³-hybridized carbons (Fsp3) is 0.432. The molecule has 2 atom stereocenters. The summed E-state index contributed by atoms with van der Waals surface area (Å²) in [6, 6.07) is 5.63. The van der Waals surface area contributed by atoms with Gasteiger partial charge < -0.3 is 24.2 Å². The smallest absolute Gasteiger partial charge is 0.319 e. The van der Waals surface area contributed by atoms with E-state index >= 15 is 4.39 Å². The molecule has 12 heteroatoms. The molecular weight excluding hydrogens is 630 g/mol. The van der Waals surface area contributed by atoms with Gasteiger partial charge in [0.2, 0.25) is 0 Å². The Hall–Kier alpha value is -4.41. The summed E-state index contributed by atoms with van der Waals surface area (Å²) in [5.74, 6) is 1.41. The van der Waals surface area contributed by atoms with Crippen LogP contribution in [0, 0.1) is 24.0 Å². The van der Waals surface area contributed by atoms with Crippen LogP contribution in [0.5, 0.6) is 11.8 Å². The van der Waals surface area contributed by atoms with Gasteiger partial charge in [0.15, 0.2) is 5.82 Å². The summed E-state index contributed by atoms with van der Waals surface area (Å²) < 4.78 is 49.5. The van der Waals surface area contributed by atoms with E-state index in [0.717, 1.165) is 58.7 Å². The maximum Gasteiger partial charge on any atom is 0.319 e. The highest BCUT2D eigenvalue weighted by Gasteiger charge is 2.31. The van der Waals surface area contributed by atoms with Crippen LogP contribution in [0.25, 0.3) is 32.9 Å². The Labute approximate surface area is 284 Å². The summed E-state index contributed by atoms with van der Waals surface area (Å²) in [6.45, 7) is 7.37. The molecule has 2 aromatic heterocycles. The number of likely N-dealkylation sites (N-methyl/N-ethyl adjacent to an activating group) is 1. The van der Waals surface area contributed by atoms with Gasteiger partial charge in [-0.05, 0) is 49.9 Å². The molecule has 2 saturated heterocycles. The summed E-state index contributed by atoms with van der Waals surface area (Å²) in [5.41, 5.74) is 0.0238. The average molecular weight is 671 g/mol. The fourth-order valence-electron chi connectivity index (χ4n) is 6.98. The van der Waals surface area contributed by atoms with Crippen molar-refractivity contribution in [3.63, 3.8) is 0 Å². The molecule has 0 aliphatic carbocycles. The molecule has 2 aromatic carbocycles. The minimum absolute atomic E-state index is 0.0152. The van der Waals surface area contributed by atoms with Crippen LogP contribution in [0.4, 0.5) is 14.6 Å². The highest BCUT2D eigenvalue weighted by atomic mass is 19.1. The molecule has 0 spiro atoms. The molecule has 0 amide bonds. The van der Waals surface area contributed by atoms with Crippen molar-refractivity contribution in [1.82, 2.24) is 24.8 Å². The first kappa shape index (κ1) is 33.1. The molecule has 3 aliphatic heterocycles. The monoisotopic (exact) mass is 670 g/mol. The molecule has 3 aliphatic rings. The summed E-state index contributed by atoms with van der Waals surface area (Å²) in [4.78, 5) is 20.5. The molecule has 0 radical (unpaired) electrons. The lowest BCUT2D eigenvalue weighted by molar-refractivity contribution is 0.00446. The van der Waals surface area contributed by atoms with Crippen LogP contribution in [0.15, 0.2) is 42.6 Å². The second-order valence-corrected chi connectivity index (χ2v) is 12.8. The minimum atomic E-state index is -0.746. The lowest BCUT2D eigenvalue weighted by atomic mass is 9.96. The summed E-state index contributed by atoms with van der Waals surface area (Å²) in [6.07, 6.45) is 14.0. The summed E-state index contributed by atoms with van der Waals surface area (Å²) in [7, 11) is 2.04. The molecule has 1 N–H and O–H groups in total. The number of likely N-dealkylation sites (tertiary alicyclic amines) is 1. The van der Waals surface area contributed by atoms with Gasteiger partial charge in [-0.25, -0.2) is 8.78 Å². The van der Waals surface area contributed by atoms with Crippen molar-refractivity contribution in [2.45, 2.75) is 31.4 Å². The zero-order valence-corrected chi connectivity index (χ0v) is 27.6. The van der Waals surface area contributed by atoms with E-state index in [0.29, 0.717) is 42.9 Å². The SMILES string of the molecule is C#Cc1c(F)ccc2cc(O)cc(-c3ncc4c(N5CCC=CCC5)nc(OC[C@@H]5CC(OCCN6CCOCC6)CN5C)nc4c3F)c12. The van der Waals surface area contributed by atoms with Gasteiger partial charge in [0.05, 0.1) is 36.9 Å². The first-order valence-electron chi connectivity index (χ1n) is 16.8. The Morgan fingerprint density at radius 1 is 1.08 bits per heavy atom. The Kier molecular flexibility index (Phi) is 9.86. The number of terminal acetylenes is 1. The van der Waals surface area contributed by atoms with Crippen LogP contribution in [0.2, 0.25) is 0 Å². The first-order chi connectivity index (χ1) is 23.9. The van der Waals surface area contributed by atoms with Crippen molar-refractivity contribution in [1.29, 1.82) is 0 Å². The van der Waals surface area contributed by atoms with Crippen LogP contribution in [-0.2, 0) is 9.47 Å². The zero-order chi connectivity index (χ0) is 33.9. The van der Waals surface area contributed by atoms with Gasteiger partial charge in [-0.3, -0.25) is 14.8 Å². The third-order valence-corrected chi connectivity index (χ3v) is 9.61. The van der Waals surface area contributed by atoms with Gasteiger partial charge in [0, 0.05) is 62.5 Å². The molecule has 0 saturated carbocycles. The fourth-order valence-corrected chi connectivity index (χ4v) is 6.98. The number of ether oxygens (including phenoxy) is 3. The predicted octanol–water partition coefficient (Wildman–Crippen LogP) is 4.77. The van der Waals surface area contributed by atoms with Gasteiger partial charge in [-0.15, -0.1) is 6.42 Å². The van der Waals surface area contributed by atoms with E-state index < -0.39 is 11.6 Å². The van der Waals surface area contributed by atoms with E-state index in [9.17, 15) is 9.50 Å². The number of pyridine rings is 1. The Bertz CT molecular complexity index is 1900. The van der Waals surface area contributed by atoms with Crippen molar-refractivity contribution in [3.05, 3.63) is 59.8 Å². The largest absolute Gasteiger partial charge is 0.508 e. The summed E-state index contributed by atoms with van der Waals surface area (Å²) in [5, 5.41) is 11.7. The quantitative estimate of drug-likeness (QED) is 0.198. The minimum Gasteiger partial charge on any atom is -0.508 e. The number of aromatic nitrogens is 3.